The molecule has 1 heterocycles. The number of rotatable bonds is 5. The summed E-state index contributed by atoms with van der Waals surface area (Å²) in [5.41, 5.74) is 0.721. The highest BCUT2D eigenvalue weighted by molar-refractivity contribution is 5.43. The topological polar surface area (TPSA) is 74.5 Å². The zero-order valence-corrected chi connectivity index (χ0v) is 10.9. The molecule has 0 bridgehead atoms. The Balaban J connectivity index is 2.00. The molecule has 0 aliphatic carbocycles. The van der Waals surface area contributed by atoms with Crippen molar-refractivity contribution < 1.29 is 14.6 Å². The van der Waals surface area contributed by atoms with Crippen molar-refractivity contribution in [3.05, 3.63) is 23.8 Å². The summed E-state index contributed by atoms with van der Waals surface area (Å²) in [4.78, 5) is 0. The lowest BCUT2D eigenvalue weighted by Gasteiger charge is -2.16. The van der Waals surface area contributed by atoms with E-state index in [0.717, 1.165) is 25.0 Å². The number of hydrogen-bond acceptors (Lipinski definition) is 5. The average molecular weight is 262 g/mol. The fraction of sp³-hybridized carbons (Fsp3) is 0.500. The number of aromatic hydroxyl groups is 1. The van der Waals surface area contributed by atoms with E-state index in [2.05, 4.69) is 11.4 Å². The molecule has 2 atom stereocenters. The zero-order valence-electron chi connectivity index (χ0n) is 10.9. The predicted molar refractivity (Wildman–Crippen MR) is 70.0 cm³/mol. The third-order valence-corrected chi connectivity index (χ3v) is 3.24. The maximum atomic E-state index is 9.73. The van der Waals surface area contributed by atoms with Crippen LogP contribution < -0.4 is 10.1 Å². The van der Waals surface area contributed by atoms with Crippen LogP contribution in [0.5, 0.6) is 11.5 Å². The first-order valence-corrected chi connectivity index (χ1v) is 6.36. The fourth-order valence-electron chi connectivity index (χ4n) is 2.18. The highest BCUT2D eigenvalue weighted by atomic mass is 16.5. The number of nitrogens with one attached hydrogen (secondary N) is 1. The summed E-state index contributed by atoms with van der Waals surface area (Å²) in [6.07, 6.45) is 2.29. The van der Waals surface area contributed by atoms with Crippen LogP contribution in [0.4, 0.5) is 0 Å². The monoisotopic (exact) mass is 262 g/mol. The molecule has 0 amide bonds. The van der Waals surface area contributed by atoms with Crippen LogP contribution in [0.3, 0.4) is 0 Å². The van der Waals surface area contributed by atoms with E-state index in [0.29, 0.717) is 12.3 Å². The minimum atomic E-state index is -0.457. The lowest BCUT2D eigenvalue weighted by molar-refractivity contribution is 0.109. The van der Waals surface area contributed by atoms with Gasteiger partial charge in [-0.25, -0.2) is 0 Å². The van der Waals surface area contributed by atoms with E-state index in [1.165, 1.54) is 7.11 Å². The number of nitriles is 1. The van der Waals surface area contributed by atoms with Gasteiger partial charge in [0.2, 0.25) is 0 Å². The Kier molecular flexibility index (Phi) is 4.61. The van der Waals surface area contributed by atoms with Crippen LogP contribution in [0, 0.1) is 11.3 Å². The van der Waals surface area contributed by atoms with Crippen LogP contribution in [0.2, 0.25) is 0 Å². The smallest absolute Gasteiger partial charge is 0.160 e. The Morgan fingerprint density at radius 3 is 3.05 bits per heavy atom. The van der Waals surface area contributed by atoms with Crippen LogP contribution in [0.1, 0.15) is 24.4 Å². The van der Waals surface area contributed by atoms with Crippen LogP contribution in [0.25, 0.3) is 0 Å². The SMILES string of the molecule is COc1ccc(C(C#N)NCC2CCCO2)cc1O. The third kappa shape index (κ3) is 3.37. The Hall–Kier alpha value is -1.77. The second-order valence-electron chi connectivity index (χ2n) is 4.54. The van der Waals surface area contributed by atoms with Crippen molar-refractivity contribution in [1.29, 1.82) is 5.26 Å². The van der Waals surface area contributed by atoms with Crippen LogP contribution in [0.15, 0.2) is 18.2 Å². The molecule has 102 valence electrons. The van der Waals surface area contributed by atoms with Gasteiger partial charge in [0.25, 0.3) is 0 Å². The van der Waals surface area contributed by atoms with E-state index in [1.807, 2.05) is 0 Å². The number of nitrogens with zero attached hydrogens (tertiary/aromatic N) is 1. The zero-order chi connectivity index (χ0) is 13.7. The average Bonchev–Trinajstić information content (AvgIpc) is 2.93. The quantitative estimate of drug-likeness (QED) is 0.845. The Morgan fingerprint density at radius 1 is 1.63 bits per heavy atom. The van der Waals surface area contributed by atoms with Gasteiger partial charge in [0.1, 0.15) is 6.04 Å². The van der Waals surface area contributed by atoms with Crippen molar-refractivity contribution in [3.63, 3.8) is 0 Å². The van der Waals surface area contributed by atoms with Crippen molar-refractivity contribution in [2.24, 2.45) is 0 Å². The van der Waals surface area contributed by atoms with E-state index >= 15 is 0 Å². The van der Waals surface area contributed by atoms with E-state index in [9.17, 15) is 10.4 Å². The van der Waals surface area contributed by atoms with Crippen molar-refractivity contribution in [1.82, 2.24) is 5.32 Å². The summed E-state index contributed by atoms with van der Waals surface area (Å²) < 4.78 is 10.5. The number of hydrogen-bond donors (Lipinski definition) is 2. The van der Waals surface area contributed by atoms with Crippen LogP contribution in [-0.4, -0.2) is 31.5 Å². The highest BCUT2D eigenvalue weighted by Gasteiger charge is 2.18. The van der Waals surface area contributed by atoms with Gasteiger partial charge in [-0.05, 0) is 30.5 Å². The van der Waals surface area contributed by atoms with Crippen molar-refractivity contribution in [3.8, 4) is 17.6 Å². The largest absolute Gasteiger partial charge is 0.504 e. The Labute approximate surface area is 112 Å². The molecule has 0 spiro atoms. The molecule has 1 aliphatic heterocycles. The first-order chi connectivity index (χ1) is 9.24. The van der Waals surface area contributed by atoms with Crippen molar-refractivity contribution in [2.45, 2.75) is 25.0 Å². The number of methoxy groups -OCH3 is 1. The summed E-state index contributed by atoms with van der Waals surface area (Å²) in [6, 6.07) is 6.71. The van der Waals surface area contributed by atoms with Gasteiger partial charge in [-0.2, -0.15) is 5.26 Å². The van der Waals surface area contributed by atoms with Gasteiger partial charge < -0.3 is 14.6 Å². The maximum Gasteiger partial charge on any atom is 0.160 e. The van der Waals surface area contributed by atoms with Crippen LogP contribution in [-0.2, 0) is 4.74 Å². The van der Waals surface area contributed by atoms with Gasteiger partial charge in [-0.3, -0.25) is 5.32 Å². The van der Waals surface area contributed by atoms with E-state index < -0.39 is 6.04 Å². The Bertz CT molecular complexity index is 464. The second-order valence-corrected chi connectivity index (χ2v) is 4.54. The lowest BCUT2D eigenvalue weighted by atomic mass is 10.1. The minimum absolute atomic E-state index is 0.0409. The number of benzene rings is 1. The minimum Gasteiger partial charge on any atom is -0.504 e. The number of phenols is 1. The maximum absolute atomic E-state index is 9.73. The molecule has 1 aromatic rings. The predicted octanol–water partition coefficient (Wildman–Crippen LogP) is 1.73. The molecule has 5 heteroatoms. The van der Waals surface area contributed by atoms with Gasteiger partial charge in [0.15, 0.2) is 11.5 Å². The van der Waals surface area contributed by atoms with Gasteiger partial charge in [0, 0.05) is 13.2 Å². The standard InChI is InChI=1S/C14H18N2O3/c1-18-14-5-4-10(7-13(14)17)12(8-15)16-9-11-3-2-6-19-11/h4-5,7,11-12,16-17H,2-3,6,9H2,1H3. The molecular weight excluding hydrogens is 244 g/mol. The van der Waals surface area contributed by atoms with Gasteiger partial charge in [-0.1, -0.05) is 6.07 Å². The van der Waals surface area contributed by atoms with E-state index in [4.69, 9.17) is 9.47 Å². The summed E-state index contributed by atoms with van der Waals surface area (Å²) in [7, 11) is 1.49. The van der Waals surface area contributed by atoms with Crippen LogP contribution >= 0.6 is 0 Å². The van der Waals surface area contributed by atoms with Gasteiger partial charge in [-0.15, -0.1) is 0 Å². The first-order valence-electron chi connectivity index (χ1n) is 6.36. The molecule has 0 aromatic heterocycles. The summed E-state index contributed by atoms with van der Waals surface area (Å²) in [6.45, 7) is 1.44. The summed E-state index contributed by atoms with van der Waals surface area (Å²) >= 11 is 0. The molecule has 2 rings (SSSR count). The van der Waals surface area contributed by atoms with Crippen molar-refractivity contribution >= 4 is 0 Å². The van der Waals surface area contributed by atoms with E-state index in [1.54, 1.807) is 18.2 Å². The number of phenolic OH excluding ortho intramolecular Hbond substituents is 1. The first kappa shape index (κ1) is 13.7. The Morgan fingerprint density at radius 2 is 2.47 bits per heavy atom. The fourth-order valence-corrected chi connectivity index (χ4v) is 2.18. The van der Waals surface area contributed by atoms with Gasteiger partial charge in [0.05, 0.1) is 19.3 Å². The molecule has 1 aliphatic rings. The van der Waals surface area contributed by atoms with Gasteiger partial charge >= 0.3 is 0 Å². The molecule has 1 fully saturated rings. The second kappa shape index (κ2) is 6.41. The molecule has 0 saturated carbocycles. The summed E-state index contributed by atoms with van der Waals surface area (Å²) in [5.74, 6) is 0.443. The molecule has 1 aromatic carbocycles. The normalized spacial score (nSPS) is 19.9. The molecule has 1 saturated heterocycles. The molecule has 19 heavy (non-hydrogen) atoms. The highest BCUT2D eigenvalue weighted by Crippen LogP contribution is 2.28. The summed E-state index contributed by atoms with van der Waals surface area (Å²) in [5, 5.41) is 22.1. The molecule has 2 N–H and O–H groups in total. The molecule has 0 radical (unpaired) electrons. The number of ether oxygens (including phenoxy) is 2. The molecule has 5 nitrogen and oxygen atoms in total. The third-order valence-electron chi connectivity index (χ3n) is 3.24. The molecule has 2 unspecified atom stereocenters. The van der Waals surface area contributed by atoms with Crippen molar-refractivity contribution in [2.75, 3.05) is 20.3 Å². The lowest BCUT2D eigenvalue weighted by Crippen LogP contribution is -2.29. The molecular formula is C14H18N2O3. The van der Waals surface area contributed by atoms with E-state index in [-0.39, 0.29) is 11.9 Å².